The van der Waals surface area contributed by atoms with Gasteiger partial charge < -0.3 is 14.6 Å². The van der Waals surface area contributed by atoms with E-state index >= 15 is 0 Å². The molecule has 130 valence electrons. The summed E-state index contributed by atoms with van der Waals surface area (Å²) in [5.41, 5.74) is 2.05. The molecule has 2 aliphatic rings. The topological polar surface area (TPSA) is 59.0 Å². The fourth-order valence-electron chi connectivity index (χ4n) is 3.69. The van der Waals surface area contributed by atoms with E-state index in [9.17, 15) is 9.90 Å². The van der Waals surface area contributed by atoms with Crippen LogP contribution < -0.4 is 9.47 Å². The number of nitrogens with zero attached hydrogens (tertiary/aromatic N) is 1. The van der Waals surface area contributed by atoms with Crippen LogP contribution in [0.1, 0.15) is 30.0 Å². The fraction of sp³-hybridized carbons (Fsp3) is 0.316. The predicted molar refractivity (Wildman–Crippen MR) is 95.9 cm³/mol. The average Bonchev–Trinajstić information content (AvgIpc) is 3.25. The van der Waals surface area contributed by atoms with E-state index in [1.165, 1.54) is 0 Å². The summed E-state index contributed by atoms with van der Waals surface area (Å²) in [6.45, 7) is 0.970. The summed E-state index contributed by atoms with van der Waals surface area (Å²) in [6, 6.07) is 13.2. The molecule has 1 N–H and O–H groups in total. The van der Waals surface area contributed by atoms with Crippen LogP contribution in [0.3, 0.4) is 0 Å². The molecule has 1 fully saturated rings. The lowest BCUT2D eigenvalue weighted by atomic mass is 9.96. The molecular weight excluding hydrogens is 386 g/mol. The van der Waals surface area contributed by atoms with Crippen LogP contribution in [-0.4, -0.2) is 35.4 Å². The number of hydrogen-bond acceptors (Lipinski definition) is 4. The number of rotatable bonds is 4. The highest BCUT2D eigenvalue weighted by Gasteiger charge is 2.37. The Hall–Kier alpha value is -2.05. The molecular formula is C19H18BrNO4. The monoisotopic (exact) mass is 403 g/mol. The molecule has 2 aromatic carbocycles. The van der Waals surface area contributed by atoms with Crippen LogP contribution in [0.4, 0.5) is 0 Å². The maximum Gasteiger partial charge on any atom is 0.320 e. The first-order valence-electron chi connectivity index (χ1n) is 8.27. The number of carboxylic acids is 1. The van der Waals surface area contributed by atoms with Crippen LogP contribution >= 0.6 is 15.9 Å². The van der Waals surface area contributed by atoms with Gasteiger partial charge in [0.15, 0.2) is 11.5 Å². The molecule has 2 aliphatic heterocycles. The molecule has 0 saturated carbocycles. The number of benzene rings is 2. The molecule has 6 heteroatoms. The highest BCUT2D eigenvalue weighted by Crippen LogP contribution is 2.41. The summed E-state index contributed by atoms with van der Waals surface area (Å²) in [5, 5.41) is 9.65. The summed E-state index contributed by atoms with van der Waals surface area (Å²) in [4.78, 5) is 13.8. The second kappa shape index (κ2) is 6.69. The molecule has 25 heavy (non-hydrogen) atoms. The third-order valence-electron chi connectivity index (χ3n) is 4.82. The van der Waals surface area contributed by atoms with Crippen LogP contribution in [0.5, 0.6) is 11.5 Å². The third kappa shape index (κ3) is 3.00. The Bertz CT molecular complexity index is 810. The fourth-order valence-corrected chi connectivity index (χ4v) is 4.19. The molecule has 1 saturated heterocycles. The highest BCUT2D eigenvalue weighted by atomic mass is 79.9. The van der Waals surface area contributed by atoms with Gasteiger partial charge in [-0.25, -0.2) is 0 Å². The zero-order chi connectivity index (χ0) is 17.4. The van der Waals surface area contributed by atoms with Crippen LogP contribution in [0.2, 0.25) is 0 Å². The van der Waals surface area contributed by atoms with Crippen molar-refractivity contribution in [1.29, 1.82) is 0 Å². The van der Waals surface area contributed by atoms with E-state index in [4.69, 9.17) is 9.47 Å². The first-order valence-corrected chi connectivity index (χ1v) is 9.07. The lowest BCUT2D eigenvalue weighted by Gasteiger charge is -2.32. The molecule has 4 rings (SSSR count). The number of fused-ring (bicyclic) bond motifs is 1. The normalized spacial score (nSPS) is 20.6. The first kappa shape index (κ1) is 16.4. The van der Waals surface area contributed by atoms with Gasteiger partial charge in [-0.2, -0.15) is 0 Å². The standard InChI is InChI=1S/C19H18BrNO4/c20-14-5-2-1-4-13(14)18(21-9-3-6-15(21)19(22)23)12-7-8-16-17(10-12)25-11-24-16/h1-2,4-5,7-8,10,15,18H,3,6,9,11H2,(H,22,23). The molecule has 0 aliphatic carbocycles. The largest absolute Gasteiger partial charge is 0.480 e. The summed E-state index contributed by atoms with van der Waals surface area (Å²) in [5.74, 6) is 0.668. The highest BCUT2D eigenvalue weighted by molar-refractivity contribution is 9.10. The van der Waals surface area contributed by atoms with Crippen LogP contribution in [0.15, 0.2) is 46.9 Å². The smallest absolute Gasteiger partial charge is 0.320 e. The molecule has 2 heterocycles. The van der Waals surface area contributed by atoms with Crippen molar-refractivity contribution in [2.45, 2.75) is 24.9 Å². The minimum absolute atomic E-state index is 0.159. The van der Waals surface area contributed by atoms with E-state index in [0.717, 1.165) is 34.3 Å². The Morgan fingerprint density at radius 2 is 2.00 bits per heavy atom. The van der Waals surface area contributed by atoms with Crippen molar-refractivity contribution in [3.8, 4) is 11.5 Å². The number of ether oxygens (including phenoxy) is 2. The second-order valence-electron chi connectivity index (χ2n) is 6.27. The van der Waals surface area contributed by atoms with Gasteiger partial charge in [-0.1, -0.05) is 40.2 Å². The van der Waals surface area contributed by atoms with Crippen molar-refractivity contribution < 1.29 is 19.4 Å². The molecule has 2 atom stereocenters. The Balaban J connectivity index is 1.82. The predicted octanol–water partition coefficient (Wildman–Crippen LogP) is 3.82. The zero-order valence-electron chi connectivity index (χ0n) is 13.5. The van der Waals surface area contributed by atoms with E-state index in [-0.39, 0.29) is 12.8 Å². The van der Waals surface area contributed by atoms with Crippen molar-refractivity contribution in [3.63, 3.8) is 0 Å². The Morgan fingerprint density at radius 3 is 2.80 bits per heavy atom. The number of carbonyl (C=O) groups is 1. The van der Waals surface area contributed by atoms with Crippen molar-refractivity contribution in [1.82, 2.24) is 4.90 Å². The van der Waals surface area contributed by atoms with Crippen molar-refractivity contribution in [2.75, 3.05) is 13.3 Å². The number of hydrogen-bond donors (Lipinski definition) is 1. The van der Waals surface area contributed by atoms with Gasteiger partial charge in [-0.15, -0.1) is 0 Å². The Kier molecular flexibility index (Phi) is 4.39. The molecule has 2 unspecified atom stereocenters. The van der Waals surface area contributed by atoms with E-state index < -0.39 is 12.0 Å². The van der Waals surface area contributed by atoms with Crippen LogP contribution in [0.25, 0.3) is 0 Å². The Morgan fingerprint density at radius 1 is 1.20 bits per heavy atom. The second-order valence-corrected chi connectivity index (χ2v) is 7.13. The minimum atomic E-state index is -0.768. The SMILES string of the molecule is O=C(O)C1CCCN1C(c1ccc2c(c1)OCO2)c1ccccc1Br. The lowest BCUT2D eigenvalue weighted by molar-refractivity contribution is -0.142. The molecule has 0 aromatic heterocycles. The number of halogens is 1. The number of aliphatic carboxylic acids is 1. The molecule has 0 amide bonds. The van der Waals surface area contributed by atoms with Gasteiger partial charge in [-0.3, -0.25) is 9.69 Å². The van der Waals surface area contributed by atoms with Crippen molar-refractivity contribution >= 4 is 21.9 Å². The van der Waals surface area contributed by atoms with Gasteiger partial charge >= 0.3 is 5.97 Å². The average molecular weight is 404 g/mol. The number of carboxylic acid groups (broad SMARTS) is 1. The van der Waals surface area contributed by atoms with Gasteiger partial charge in [-0.05, 0) is 42.2 Å². The van der Waals surface area contributed by atoms with Crippen LogP contribution in [0, 0.1) is 0 Å². The molecule has 2 aromatic rings. The third-order valence-corrected chi connectivity index (χ3v) is 5.55. The van der Waals surface area contributed by atoms with Crippen LogP contribution in [-0.2, 0) is 4.79 Å². The van der Waals surface area contributed by atoms with Gasteiger partial charge in [0.1, 0.15) is 6.04 Å². The van der Waals surface area contributed by atoms with Gasteiger partial charge in [0.2, 0.25) is 6.79 Å². The van der Waals surface area contributed by atoms with Gasteiger partial charge in [0.25, 0.3) is 0 Å². The van der Waals surface area contributed by atoms with Gasteiger partial charge in [0, 0.05) is 11.0 Å². The zero-order valence-corrected chi connectivity index (χ0v) is 15.1. The summed E-state index contributed by atoms with van der Waals surface area (Å²) in [6.07, 6.45) is 1.54. The Labute approximate surface area is 154 Å². The summed E-state index contributed by atoms with van der Waals surface area (Å²) >= 11 is 3.63. The summed E-state index contributed by atoms with van der Waals surface area (Å²) < 4.78 is 11.9. The van der Waals surface area contributed by atoms with E-state index in [1.807, 2.05) is 42.5 Å². The molecule has 5 nitrogen and oxygen atoms in total. The summed E-state index contributed by atoms with van der Waals surface area (Å²) in [7, 11) is 0. The first-order chi connectivity index (χ1) is 12.1. The van der Waals surface area contributed by atoms with Gasteiger partial charge in [0.05, 0.1) is 6.04 Å². The van der Waals surface area contributed by atoms with E-state index in [1.54, 1.807) is 0 Å². The van der Waals surface area contributed by atoms with E-state index in [2.05, 4.69) is 20.8 Å². The number of likely N-dealkylation sites (tertiary alicyclic amines) is 1. The molecule has 0 bridgehead atoms. The molecule has 0 spiro atoms. The quantitative estimate of drug-likeness (QED) is 0.840. The maximum atomic E-state index is 11.8. The van der Waals surface area contributed by atoms with E-state index in [0.29, 0.717) is 12.2 Å². The van der Waals surface area contributed by atoms with Crippen molar-refractivity contribution in [2.24, 2.45) is 0 Å². The lowest BCUT2D eigenvalue weighted by Crippen LogP contribution is -2.39. The maximum absolute atomic E-state index is 11.8. The molecule has 0 radical (unpaired) electrons. The minimum Gasteiger partial charge on any atom is -0.480 e. The van der Waals surface area contributed by atoms with Crippen molar-refractivity contribution in [3.05, 3.63) is 58.1 Å².